The van der Waals surface area contributed by atoms with Crippen molar-refractivity contribution in [1.82, 2.24) is 9.78 Å². The van der Waals surface area contributed by atoms with Crippen molar-refractivity contribution in [1.29, 1.82) is 0 Å². The summed E-state index contributed by atoms with van der Waals surface area (Å²) < 4.78 is 12.8. The average Bonchev–Trinajstić information content (AvgIpc) is 3.41. The molecule has 0 aliphatic heterocycles. The molecule has 10 heteroatoms. The number of ketones is 1. The molecule has 0 spiro atoms. The van der Waals surface area contributed by atoms with E-state index < -0.39 is 5.91 Å². The predicted octanol–water partition coefficient (Wildman–Crippen LogP) is 6.52. The maximum absolute atomic E-state index is 12.6. The summed E-state index contributed by atoms with van der Waals surface area (Å²) in [6.45, 7) is 1.96. The molecular weight excluding hydrogens is 501 g/mol. The second-order valence-corrected chi connectivity index (χ2v) is 8.60. The molecule has 1 N–H and O–H groups in total. The van der Waals surface area contributed by atoms with Gasteiger partial charge >= 0.3 is 0 Å². The summed E-state index contributed by atoms with van der Waals surface area (Å²) in [5, 5.41) is 8.25. The van der Waals surface area contributed by atoms with Gasteiger partial charge in [0.1, 0.15) is 23.1 Å². The first-order valence-electron chi connectivity index (χ1n) is 10.1. The van der Waals surface area contributed by atoms with Crippen molar-refractivity contribution >= 4 is 52.3 Å². The first-order valence-corrected chi connectivity index (χ1v) is 11.2. The monoisotopic (exact) mass is 517 g/mol. The second kappa shape index (κ2) is 10.3. The van der Waals surface area contributed by atoms with Crippen LogP contribution in [0.2, 0.25) is 15.1 Å². The third kappa shape index (κ3) is 5.80. The summed E-state index contributed by atoms with van der Waals surface area (Å²) in [4.78, 5) is 23.9. The number of Topliss-reactive ketones (excluding diaryl/α,β-unsaturated/α-hetero) is 1. The molecule has 0 saturated heterocycles. The molecule has 174 valence electrons. The second-order valence-electron chi connectivity index (χ2n) is 7.35. The Bertz CT molecular complexity index is 1350. The Morgan fingerprint density at radius 2 is 1.79 bits per heavy atom. The fourth-order valence-corrected chi connectivity index (χ4v) is 3.74. The lowest BCUT2D eigenvalue weighted by molar-refractivity contribution is 0.0990. The van der Waals surface area contributed by atoms with Crippen molar-refractivity contribution in [3.8, 4) is 5.75 Å². The van der Waals surface area contributed by atoms with Gasteiger partial charge in [-0.25, -0.2) is 0 Å². The fraction of sp³-hybridized carbons (Fsp3) is 0.125. The standard InChI is InChI=1S/C24H18Cl3N3O4/c1-14(31)15-3-6-18(7-4-15)33-13-19-8-9-22(34-19)24(32)28-23-21(27)12-30(29-23)11-16-2-5-17(25)10-20(16)26/h2-10,12H,11,13H2,1H3,(H,28,29,32). The summed E-state index contributed by atoms with van der Waals surface area (Å²) in [6.07, 6.45) is 1.58. The van der Waals surface area contributed by atoms with Crippen molar-refractivity contribution in [2.45, 2.75) is 20.1 Å². The van der Waals surface area contributed by atoms with Crippen LogP contribution in [0.3, 0.4) is 0 Å². The summed E-state index contributed by atoms with van der Waals surface area (Å²) in [6, 6.07) is 15.1. The van der Waals surface area contributed by atoms with Gasteiger partial charge in [-0.1, -0.05) is 40.9 Å². The SMILES string of the molecule is CC(=O)c1ccc(OCc2ccc(C(=O)Nc3nn(Cc4ccc(Cl)cc4Cl)cc3Cl)o2)cc1. The van der Waals surface area contributed by atoms with Crippen LogP contribution in [-0.2, 0) is 13.2 Å². The van der Waals surface area contributed by atoms with Gasteiger partial charge in [-0.15, -0.1) is 0 Å². The van der Waals surface area contributed by atoms with E-state index in [0.717, 1.165) is 5.56 Å². The van der Waals surface area contributed by atoms with Gasteiger partial charge < -0.3 is 14.5 Å². The molecule has 4 aromatic rings. The van der Waals surface area contributed by atoms with Gasteiger partial charge in [0.05, 0.1) is 6.54 Å². The summed E-state index contributed by atoms with van der Waals surface area (Å²) >= 11 is 18.4. The lowest BCUT2D eigenvalue weighted by atomic mass is 10.1. The minimum absolute atomic E-state index is 0.0213. The quantitative estimate of drug-likeness (QED) is 0.268. The zero-order valence-corrected chi connectivity index (χ0v) is 20.1. The van der Waals surface area contributed by atoms with Crippen LogP contribution < -0.4 is 10.1 Å². The molecule has 0 fully saturated rings. The Hall–Kier alpha value is -3.26. The molecule has 2 aromatic heterocycles. The van der Waals surface area contributed by atoms with Crippen LogP contribution in [-0.4, -0.2) is 21.5 Å². The van der Waals surface area contributed by atoms with Gasteiger partial charge in [0.15, 0.2) is 17.4 Å². The van der Waals surface area contributed by atoms with E-state index in [1.54, 1.807) is 59.4 Å². The van der Waals surface area contributed by atoms with Crippen LogP contribution in [0.4, 0.5) is 5.82 Å². The van der Waals surface area contributed by atoms with E-state index in [2.05, 4.69) is 10.4 Å². The summed E-state index contributed by atoms with van der Waals surface area (Å²) in [5.74, 6) is 0.773. The van der Waals surface area contributed by atoms with Crippen molar-refractivity contribution in [2.24, 2.45) is 0 Å². The Morgan fingerprint density at radius 3 is 2.50 bits per heavy atom. The molecule has 0 aliphatic rings. The molecule has 1 amide bonds. The van der Waals surface area contributed by atoms with Gasteiger partial charge in [0.2, 0.25) is 0 Å². The van der Waals surface area contributed by atoms with E-state index in [1.807, 2.05) is 0 Å². The maximum atomic E-state index is 12.6. The van der Waals surface area contributed by atoms with E-state index in [1.165, 1.54) is 13.0 Å². The number of ether oxygens (including phenoxy) is 1. The maximum Gasteiger partial charge on any atom is 0.292 e. The molecular formula is C24H18Cl3N3O4. The molecule has 2 heterocycles. The van der Waals surface area contributed by atoms with Gasteiger partial charge in [-0.3, -0.25) is 14.3 Å². The number of nitrogens with one attached hydrogen (secondary N) is 1. The van der Waals surface area contributed by atoms with Crippen LogP contribution in [0.1, 0.15) is 39.2 Å². The zero-order chi connectivity index (χ0) is 24.2. The first kappa shape index (κ1) is 23.9. The number of hydrogen-bond donors (Lipinski definition) is 1. The van der Waals surface area contributed by atoms with Crippen LogP contribution >= 0.6 is 34.8 Å². The van der Waals surface area contributed by atoms with Crippen LogP contribution in [0.5, 0.6) is 5.75 Å². The van der Waals surface area contributed by atoms with E-state index >= 15 is 0 Å². The number of nitrogens with zero attached hydrogens (tertiary/aromatic N) is 2. The highest BCUT2D eigenvalue weighted by atomic mass is 35.5. The van der Waals surface area contributed by atoms with Crippen LogP contribution in [0.25, 0.3) is 0 Å². The van der Waals surface area contributed by atoms with Crippen LogP contribution in [0.15, 0.2) is 65.2 Å². The van der Waals surface area contributed by atoms with Gasteiger partial charge in [-0.05, 0) is 61.0 Å². The molecule has 34 heavy (non-hydrogen) atoms. The van der Waals surface area contributed by atoms with Crippen molar-refractivity contribution < 1.29 is 18.7 Å². The highest BCUT2D eigenvalue weighted by molar-refractivity contribution is 6.35. The first-order chi connectivity index (χ1) is 16.3. The third-order valence-electron chi connectivity index (χ3n) is 4.82. The molecule has 0 bridgehead atoms. The van der Waals surface area contributed by atoms with E-state index in [0.29, 0.717) is 33.7 Å². The molecule has 4 rings (SSSR count). The molecule has 0 atom stereocenters. The number of furan rings is 1. The van der Waals surface area contributed by atoms with Crippen molar-refractivity contribution in [2.75, 3.05) is 5.32 Å². The number of halogens is 3. The van der Waals surface area contributed by atoms with E-state index in [9.17, 15) is 9.59 Å². The summed E-state index contributed by atoms with van der Waals surface area (Å²) in [7, 11) is 0. The van der Waals surface area contributed by atoms with Gasteiger partial charge in [0.25, 0.3) is 5.91 Å². The predicted molar refractivity (Wildman–Crippen MR) is 130 cm³/mol. The average molecular weight is 519 g/mol. The normalized spacial score (nSPS) is 10.8. The number of amides is 1. The number of rotatable bonds is 8. The minimum Gasteiger partial charge on any atom is -0.486 e. The highest BCUT2D eigenvalue weighted by Gasteiger charge is 2.16. The number of anilines is 1. The smallest absolute Gasteiger partial charge is 0.292 e. The number of carbonyl (C=O) groups excluding carboxylic acids is 2. The number of aromatic nitrogens is 2. The van der Waals surface area contributed by atoms with Gasteiger partial charge in [-0.2, -0.15) is 5.10 Å². The topological polar surface area (TPSA) is 86.4 Å². The molecule has 7 nitrogen and oxygen atoms in total. The van der Waals surface area contributed by atoms with Gasteiger partial charge in [0, 0.05) is 21.8 Å². The Labute approximate surface area is 210 Å². The summed E-state index contributed by atoms with van der Waals surface area (Å²) in [5.41, 5.74) is 1.40. The third-order valence-corrected chi connectivity index (χ3v) is 5.69. The molecule has 2 aromatic carbocycles. The van der Waals surface area contributed by atoms with E-state index in [-0.39, 0.29) is 29.0 Å². The van der Waals surface area contributed by atoms with E-state index in [4.69, 9.17) is 44.0 Å². The lowest BCUT2D eigenvalue weighted by Crippen LogP contribution is -2.12. The number of carbonyl (C=O) groups is 2. The number of benzene rings is 2. The Morgan fingerprint density at radius 1 is 1.03 bits per heavy atom. The minimum atomic E-state index is -0.506. The molecule has 0 aliphatic carbocycles. The zero-order valence-electron chi connectivity index (χ0n) is 17.8. The highest BCUT2D eigenvalue weighted by Crippen LogP contribution is 2.25. The Balaban J connectivity index is 1.36. The van der Waals surface area contributed by atoms with Crippen molar-refractivity contribution in [3.63, 3.8) is 0 Å². The van der Waals surface area contributed by atoms with Crippen molar-refractivity contribution in [3.05, 3.63) is 98.5 Å². The largest absolute Gasteiger partial charge is 0.486 e. The Kier molecular flexibility index (Phi) is 7.26. The fourth-order valence-electron chi connectivity index (χ4n) is 3.07. The number of hydrogen-bond acceptors (Lipinski definition) is 5. The molecule has 0 unspecified atom stereocenters. The lowest BCUT2D eigenvalue weighted by Gasteiger charge is -2.05. The molecule has 0 radical (unpaired) electrons. The molecule has 0 saturated carbocycles. The van der Waals surface area contributed by atoms with Crippen LogP contribution in [0, 0.1) is 0 Å².